The van der Waals surface area contributed by atoms with Crippen LogP contribution in [0.4, 0.5) is 16.2 Å². The van der Waals surface area contributed by atoms with Crippen molar-refractivity contribution in [3.8, 4) is 0 Å². The molecule has 0 atom stereocenters. The molecule has 0 aliphatic heterocycles. The van der Waals surface area contributed by atoms with Gasteiger partial charge in [-0.15, -0.1) is 0 Å². The van der Waals surface area contributed by atoms with Gasteiger partial charge >= 0.3 is 6.03 Å². The number of hydrogen-bond acceptors (Lipinski definition) is 3. The Balaban J connectivity index is 1.67. The second-order valence-corrected chi connectivity index (χ2v) is 6.99. The van der Waals surface area contributed by atoms with Crippen LogP contribution in [-0.4, -0.2) is 21.9 Å². The first kappa shape index (κ1) is 17.9. The Kier molecular flexibility index (Phi) is 5.21. The van der Waals surface area contributed by atoms with Crippen LogP contribution in [0.1, 0.15) is 43.7 Å². The summed E-state index contributed by atoms with van der Waals surface area (Å²) in [4.78, 5) is 24.8. The van der Waals surface area contributed by atoms with Crippen molar-refractivity contribution in [1.29, 1.82) is 0 Å². The van der Waals surface area contributed by atoms with E-state index in [1.165, 1.54) is 17.7 Å². The number of amides is 2. The number of nitrogens with zero attached hydrogens (tertiary/aromatic N) is 2. The van der Waals surface area contributed by atoms with E-state index in [0.29, 0.717) is 18.2 Å². The quantitative estimate of drug-likeness (QED) is 0.592. The molecule has 1 aliphatic rings. The first-order valence-corrected chi connectivity index (χ1v) is 8.85. The summed E-state index contributed by atoms with van der Waals surface area (Å²) in [6.45, 7) is 4.87. The normalized spacial score (nSPS) is 13.5. The van der Waals surface area contributed by atoms with E-state index < -0.39 is 4.92 Å². The van der Waals surface area contributed by atoms with Gasteiger partial charge in [0, 0.05) is 30.4 Å². The molecule has 0 aromatic heterocycles. The molecule has 2 amide bonds. The van der Waals surface area contributed by atoms with E-state index in [-0.39, 0.29) is 17.8 Å². The average Bonchev–Trinajstić information content (AvgIpc) is 3.45. The summed E-state index contributed by atoms with van der Waals surface area (Å²) in [5.41, 5.74) is 2.94. The fraction of sp³-hybridized carbons (Fsp3) is 0.350. The minimum Gasteiger partial charge on any atom is -0.317 e. The largest absolute Gasteiger partial charge is 0.322 e. The molecule has 26 heavy (non-hydrogen) atoms. The van der Waals surface area contributed by atoms with Crippen LogP contribution in [0.5, 0.6) is 0 Å². The van der Waals surface area contributed by atoms with E-state index in [2.05, 4.69) is 43.4 Å². The Bertz CT molecular complexity index is 781. The van der Waals surface area contributed by atoms with Crippen LogP contribution in [0.15, 0.2) is 48.5 Å². The van der Waals surface area contributed by atoms with E-state index in [1.807, 2.05) is 4.90 Å². The van der Waals surface area contributed by atoms with Gasteiger partial charge in [-0.3, -0.25) is 10.1 Å². The molecule has 1 aliphatic carbocycles. The van der Waals surface area contributed by atoms with Gasteiger partial charge in [0.05, 0.1) is 4.92 Å². The molecule has 0 spiro atoms. The van der Waals surface area contributed by atoms with Crippen LogP contribution in [0.2, 0.25) is 0 Å². The van der Waals surface area contributed by atoms with Crippen LogP contribution < -0.4 is 5.32 Å². The third-order valence-corrected chi connectivity index (χ3v) is 4.58. The summed E-state index contributed by atoms with van der Waals surface area (Å²) >= 11 is 0. The van der Waals surface area contributed by atoms with Gasteiger partial charge in [0.25, 0.3) is 5.69 Å². The highest BCUT2D eigenvalue weighted by Gasteiger charge is 2.32. The van der Waals surface area contributed by atoms with Gasteiger partial charge in [0.2, 0.25) is 0 Å². The van der Waals surface area contributed by atoms with Crippen molar-refractivity contribution in [3.05, 3.63) is 69.8 Å². The Hall–Kier alpha value is -2.89. The van der Waals surface area contributed by atoms with Crippen molar-refractivity contribution < 1.29 is 9.72 Å². The third kappa shape index (κ3) is 4.39. The van der Waals surface area contributed by atoms with Crippen molar-refractivity contribution in [2.24, 2.45) is 0 Å². The van der Waals surface area contributed by atoms with Crippen molar-refractivity contribution in [3.63, 3.8) is 0 Å². The number of anilines is 1. The lowest BCUT2D eigenvalue weighted by Crippen LogP contribution is -2.36. The van der Waals surface area contributed by atoms with Gasteiger partial charge in [-0.05, 0) is 42.0 Å². The first-order chi connectivity index (χ1) is 12.4. The molecule has 0 bridgehead atoms. The summed E-state index contributed by atoms with van der Waals surface area (Å²) in [5.74, 6) is 0.481. The summed E-state index contributed by atoms with van der Waals surface area (Å²) in [6, 6.07) is 14.3. The molecule has 2 aromatic rings. The van der Waals surface area contributed by atoms with Crippen LogP contribution >= 0.6 is 0 Å². The minimum absolute atomic E-state index is 0.00675. The summed E-state index contributed by atoms with van der Waals surface area (Å²) in [5, 5.41) is 13.6. The molecular weight excluding hydrogens is 330 g/mol. The molecular formula is C20H23N3O3. The summed E-state index contributed by atoms with van der Waals surface area (Å²) < 4.78 is 0. The SMILES string of the molecule is CC(C)c1ccc(CN(C(=O)Nc2ccc([N+](=O)[O-])cc2)C2CC2)cc1. The highest BCUT2D eigenvalue weighted by atomic mass is 16.6. The molecule has 0 saturated heterocycles. The Morgan fingerprint density at radius 3 is 2.27 bits per heavy atom. The summed E-state index contributed by atoms with van der Waals surface area (Å²) in [7, 11) is 0. The number of nitro benzene ring substituents is 1. The minimum atomic E-state index is -0.455. The number of urea groups is 1. The fourth-order valence-corrected chi connectivity index (χ4v) is 2.82. The van der Waals surface area contributed by atoms with Gasteiger partial charge in [-0.25, -0.2) is 4.79 Å². The van der Waals surface area contributed by atoms with Gasteiger partial charge < -0.3 is 10.2 Å². The van der Waals surface area contributed by atoms with Crippen molar-refractivity contribution >= 4 is 17.4 Å². The Morgan fingerprint density at radius 2 is 1.77 bits per heavy atom. The number of benzene rings is 2. The fourth-order valence-electron chi connectivity index (χ4n) is 2.82. The number of carbonyl (C=O) groups is 1. The van der Waals surface area contributed by atoms with Crippen molar-refractivity contribution in [1.82, 2.24) is 4.90 Å². The molecule has 136 valence electrons. The monoisotopic (exact) mass is 353 g/mol. The average molecular weight is 353 g/mol. The predicted molar refractivity (Wildman–Crippen MR) is 101 cm³/mol. The predicted octanol–water partition coefficient (Wildman–Crippen LogP) is 4.91. The van der Waals surface area contributed by atoms with Crippen LogP contribution in [0.25, 0.3) is 0 Å². The lowest BCUT2D eigenvalue weighted by molar-refractivity contribution is -0.384. The maximum absolute atomic E-state index is 12.7. The number of rotatable bonds is 6. The molecule has 3 rings (SSSR count). The molecule has 1 saturated carbocycles. The maximum atomic E-state index is 12.7. The van der Waals surface area contributed by atoms with E-state index in [1.54, 1.807) is 12.1 Å². The Labute approximate surface area is 153 Å². The molecule has 6 nitrogen and oxygen atoms in total. The van der Waals surface area contributed by atoms with E-state index in [0.717, 1.165) is 18.4 Å². The zero-order valence-electron chi connectivity index (χ0n) is 15.0. The van der Waals surface area contributed by atoms with Crippen molar-refractivity contribution in [2.75, 3.05) is 5.32 Å². The third-order valence-electron chi connectivity index (χ3n) is 4.58. The maximum Gasteiger partial charge on any atom is 0.322 e. The van der Waals surface area contributed by atoms with Crippen LogP contribution in [0, 0.1) is 10.1 Å². The Morgan fingerprint density at radius 1 is 1.15 bits per heavy atom. The van der Waals surface area contributed by atoms with Crippen molar-refractivity contribution in [2.45, 2.75) is 45.2 Å². The molecule has 0 unspecified atom stereocenters. The van der Waals surface area contributed by atoms with E-state index >= 15 is 0 Å². The standard InChI is InChI=1S/C20H23N3O3/c1-14(2)16-5-3-15(4-6-16)13-22(18-11-12-18)20(24)21-17-7-9-19(10-8-17)23(25)26/h3-10,14,18H,11-13H2,1-2H3,(H,21,24). The lowest BCUT2D eigenvalue weighted by Gasteiger charge is -2.23. The highest BCUT2D eigenvalue weighted by Crippen LogP contribution is 2.29. The lowest BCUT2D eigenvalue weighted by atomic mass is 10.0. The number of nitro groups is 1. The first-order valence-electron chi connectivity index (χ1n) is 8.85. The number of hydrogen-bond donors (Lipinski definition) is 1. The molecule has 0 radical (unpaired) electrons. The number of nitrogens with one attached hydrogen (secondary N) is 1. The van der Waals surface area contributed by atoms with Crippen LogP contribution in [0.3, 0.4) is 0 Å². The molecule has 2 aromatic carbocycles. The highest BCUT2D eigenvalue weighted by molar-refractivity contribution is 5.89. The van der Waals surface area contributed by atoms with Gasteiger partial charge in [0.15, 0.2) is 0 Å². The van der Waals surface area contributed by atoms with Crippen LogP contribution in [-0.2, 0) is 6.54 Å². The summed E-state index contributed by atoms with van der Waals surface area (Å²) in [6.07, 6.45) is 2.02. The van der Waals surface area contributed by atoms with E-state index in [4.69, 9.17) is 0 Å². The number of carbonyl (C=O) groups excluding carboxylic acids is 1. The zero-order chi connectivity index (χ0) is 18.7. The molecule has 1 N–H and O–H groups in total. The van der Waals surface area contributed by atoms with Gasteiger partial charge in [-0.1, -0.05) is 38.1 Å². The second-order valence-electron chi connectivity index (χ2n) is 6.99. The zero-order valence-corrected chi connectivity index (χ0v) is 15.0. The molecule has 1 fully saturated rings. The van der Waals surface area contributed by atoms with Gasteiger partial charge in [0.1, 0.15) is 0 Å². The second kappa shape index (κ2) is 7.56. The van der Waals surface area contributed by atoms with E-state index in [9.17, 15) is 14.9 Å². The van der Waals surface area contributed by atoms with Gasteiger partial charge in [-0.2, -0.15) is 0 Å². The smallest absolute Gasteiger partial charge is 0.317 e. The molecule has 0 heterocycles. The topological polar surface area (TPSA) is 75.5 Å². The molecule has 6 heteroatoms. The number of non-ortho nitro benzene ring substituents is 1.